The third-order valence-corrected chi connectivity index (χ3v) is 4.50. The minimum absolute atomic E-state index is 0.677. The lowest BCUT2D eigenvalue weighted by Gasteiger charge is -2.29. The van der Waals surface area contributed by atoms with Gasteiger partial charge in [0.15, 0.2) is 5.11 Å². The average Bonchev–Trinajstić information content (AvgIpc) is 2.65. The quantitative estimate of drug-likeness (QED) is 0.800. The van der Waals surface area contributed by atoms with Gasteiger partial charge in [0, 0.05) is 18.0 Å². The Balaban J connectivity index is 2.11. The van der Waals surface area contributed by atoms with Crippen molar-refractivity contribution < 1.29 is 4.74 Å². The van der Waals surface area contributed by atoms with Gasteiger partial charge < -0.3 is 15.0 Å². The number of nitrogens with one attached hydrogen (secondary N) is 1. The van der Waals surface area contributed by atoms with E-state index >= 15 is 0 Å². The molecule has 2 rings (SSSR count). The van der Waals surface area contributed by atoms with Gasteiger partial charge in [-0.2, -0.15) is 5.26 Å². The standard InChI is InChI=1S/C12H15N3OS2/c1-8-9(2)18-11(10(8)7-13)14-12(17)15-3-5-16-6-4-15/h3-6H2,1-2H3,(H,14,17). The maximum atomic E-state index is 9.18. The van der Waals surface area contributed by atoms with E-state index in [-0.39, 0.29) is 0 Å². The van der Waals surface area contributed by atoms with Gasteiger partial charge in [-0.25, -0.2) is 0 Å². The number of ether oxygens (including phenoxy) is 1. The second-order valence-electron chi connectivity index (χ2n) is 4.13. The minimum Gasteiger partial charge on any atom is -0.378 e. The van der Waals surface area contributed by atoms with Crippen molar-refractivity contribution in [3.63, 3.8) is 0 Å². The van der Waals surface area contributed by atoms with E-state index in [2.05, 4.69) is 16.3 Å². The normalized spacial score (nSPS) is 15.3. The third-order valence-electron chi connectivity index (χ3n) is 3.02. The molecule has 6 heteroatoms. The van der Waals surface area contributed by atoms with Crippen molar-refractivity contribution in [2.24, 2.45) is 0 Å². The fraction of sp³-hybridized carbons (Fsp3) is 0.500. The average molecular weight is 281 g/mol. The van der Waals surface area contributed by atoms with Gasteiger partial charge in [0.2, 0.25) is 0 Å². The van der Waals surface area contributed by atoms with Crippen LogP contribution < -0.4 is 5.32 Å². The Morgan fingerprint density at radius 3 is 2.72 bits per heavy atom. The number of hydrogen-bond donors (Lipinski definition) is 1. The molecular weight excluding hydrogens is 266 g/mol. The fourth-order valence-corrected chi connectivity index (χ4v) is 3.15. The Hall–Kier alpha value is -1.16. The molecule has 1 aliphatic rings. The van der Waals surface area contributed by atoms with Crippen molar-refractivity contribution in [1.82, 2.24) is 4.90 Å². The van der Waals surface area contributed by atoms with Crippen LogP contribution >= 0.6 is 23.6 Å². The number of anilines is 1. The first-order valence-corrected chi connectivity index (χ1v) is 6.99. The van der Waals surface area contributed by atoms with Crippen LogP contribution in [0.15, 0.2) is 0 Å². The maximum Gasteiger partial charge on any atom is 0.174 e. The largest absolute Gasteiger partial charge is 0.378 e. The van der Waals surface area contributed by atoms with Crippen molar-refractivity contribution in [2.75, 3.05) is 31.6 Å². The monoisotopic (exact) mass is 281 g/mol. The van der Waals surface area contributed by atoms with Crippen LogP contribution in [0.2, 0.25) is 0 Å². The predicted molar refractivity (Wildman–Crippen MR) is 77.1 cm³/mol. The van der Waals surface area contributed by atoms with Crippen LogP contribution in [0.1, 0.15) is 16.0 Å². The van der Waals surface area contributed by atoms with Crippen LogP contribution in [-0.2, 0) is 4.74 Å². The summed E-state index contributed by atoms with van der Waals surface area (Å²) < 4.78 is 5.29. The Morgan fingerprint density at radius 1 is 1.44 bits per heavy atom. The Labute approximate surface area is 116 Å². The third kappa shape index (κ3) is 2.64. The first kappa shape index (κ1) is 13.3. The van der Waals surface area contributed by atoms with Crippen LogP contribution in [0.4, 0.5) is 5.00 Å². The van der Waals surface area contributed by atoms with Gasteiger partial charge in [-0.05, 0) is 31.6 Å². The molecule has 4 nitrogen and oxygen atoms in total. The van der Waals surface area contributed by atoms with E-state index in [1.165, 1.54) is 0 Å². The van der Waals surface area contributed by atoms with E-state index in [1.807, 2.05) is 13.8 Å². The lowest BCUT2D eigenvalue weighted by Crippen LogP contribution is -2.42. The Morgan fingerprint density at radius 2 is 2.11 bits per heavy atom. The molecule has 0 aliphatic carbocycles. The number of morpholine rings is 1. The molecule has 0 radical (unpaired) electrons. The molecule has 0 bridgehead atoms. The van der Waals surface area contributed by atoms with Crippen molar-refractivity contribution in [2.45, 2.75) is 13.8 Å². The highest BCUT2D eigenvalue weighted by atomic mass is 32.1. The van der Waals surface area contributed by atoms with E-state index in [9.17, 15) is 5.26 Å². The minimum atomic E-state index is 0.677. The lowest BCUT2D eigenvalue weighted by molar-refractivity contribution is 0.0690. The van der Waals surface area contributed by atoms with Crippen LogP contribution in [-0.4, -0.2) is 36.3 Å². The molecule has 0 spiro atoms. The first-order chi connectivity index (χ1) is 8.63. The molecule has 2 heterocycles. The zero-order valence-corrected chi connectivity index (χ0v) is 12.1. The number of aryl methyl sites for hydroxylation is 1. The van der Waals surface area contributed by atoms with Crippen LogP contribution in [0, 0.1) is 25.2 Å². The molecule has 1 aromatic rings. The number of hydrogen-bond acceptors (Lipinski definition) is 4. The Bertz CT molecular complexity index is 498. The number of rotatable bonds is 1. The first-order valence-electron chi connectivity index (χ1n) is 5.77. The molecule has 0 saturated carbocycles. The van der Waals surface area contributed by atoms with E-state index in [4.69, 9.17) is 17.0 Å². The molecule has 1 N–H and O–H groups in total. The summed E-state index contributed by atoms with van der Waals surface area (Å²) in [5.41, 5.74) is 1.74. The number of nitriles is 1. The second kappa shape index (κ2) is 5.65. The zero-order valence-electron chi connectivity index (χ0n) is 10.4. The SMILES string of the molecule is Cc1sc(NC(=S)N2CCOCC2)c(C#N)c1C. The lowest BCUT2D eigenvalue weighted by atomic mass is 10.2. The van der Waals surface area contributed by atoms with Crippen molar-refractivity contribution >= 4 is 33.7 Å². The van der Waals surface area contributed by atoms with Gasteiger partial charge in [0.25, 0.3) is 0 Å². The summed E-state index contributed by atoms with van der Waals surface area (Å²) in [7, 11) is 0. The highest BCUT2D eigenvalue weighted by Gasteiger charge is 2.17. The van der Waals surface area contributed by atoms with Crippen LogP contribution in [0.25, 0.3) is 0 Å². The summed E-state index contributed by atoms with van der Waals surface area (Å²) in [4.78, 5) is 3.23. The van der Waals surface area contributed by atoms with Crippen molar-refractivity contribution in [3.8, 4) is 6.07 Å². The second-order valence-corrected chi connectivity index (χ2v) is 5.74. The molecule has 18 heavy (non-hydrogen) atoms. The summed E-state index contributed by atoms with van der Waals surface area (Å²) in [6, 6.07) is 2.24. The summed E-state index contributed by atoms with van der Waals surface area (Å²) in [6.45, 7) is 7.00. The van der Waals surface area contributed by atoms with Gasteiger partial charge in [0.05, 0.1) is 18.8 Å². The maximum absolute atomic E-state index is 9.18. The predicted octanol–water partition coefficient (Wildman–Crippen LogP) is 2.27. The number of nitrogens with zero attached hydrogens (tertiary/aromatic N) is 2. The smallest absolute Gasteiger partial charge is 0.174 e. The molecule has 1 saturated heterocycles. The van der Waals surface area contributed by atoms with Gasteiger partial charge in [0.1, 0.15) is 11.1 Å². The molecule has 0 atom stereocenters. The van der Waals surface area contributed by atoms with E-state index in [0.717, 1.165) is 28.5 Å². The summed E-state index contributed by atoms with van der Waals surface area (Å²) in [5.74, 6) is 0. The molecule has 0 aromatic carbocycles. The van der Waals surface area contributed by atoms with Crippen molar-refractivity contribution in [3.05, 3.63) is 16.0 Å². The Kier molecular flexibility index (Phi) is 4.17. The van der Waals surface area contributed by atoms with E-state index in [0.29, 0.717) is 23.9 Å². The molecular formula is C12H15N3OS2. The van der Waals surface area contributed by atoms with Gasteiger partial charge in [-0.1, -0.05) is 0 Å². The van der Waals surface area contributed by atoms with Gasteiger partial charge >= 0.3 is 0 Å². The summed E-state index contributed by atoms with van der Waals surface area (Å²) >= 11 is 6.95. The summed E-state index contributed by atoms with van der Waals surface area (Å²) in [5, 5.41) is 13.9. The zero-order chi connectivity index (χ0) is 13.1. The molecule has 96 valence electrons. The highest BCUT2D eigenvalue weighted by Crippen LogP contribution is 2.31. The summed E-state index contributed by atoms with van der Waals surface area (Å²) in [6.07, 6.45) is 0. The fourth-order valence-electron chi connectivity index (χ4n) is 1.79. The van der Waals surface area contributed by atoms with Crippen LogP contribution in [0.3, 0.4) is 0 Å². The molecule has 1 fully saturated rings. The van der Waals surface area contributed by atoms with Gasteiger partial charge in [-0.15, -0.1) is 11.3 Å². The highest BCUT2D eigenvalue weighted by molar-refractivity contribution is 7.80. The van der Waals surface area contributed by atoms with E-state index in [1.54, 1.807) is 11.3 Å². The molecule has 0 unspecified atom stereocenters. The molecule has 0 amide bonds. The van der Waals surface area contributed by atoms with Crippen molar-refractivity contribution in [1.29, 1.82) is 5.26 Å². The number of thiocarbonyl (C=S) groups is 1. The molecule has 1 aromatic heterocycles. The van der Waals surface area contributed by atoms with E-state index < -0.39 is 0 Å². The topological polar surface area (TPSA) is 48.3 Å². The number of thiophene rings is 1. The molecule has 1 aliphatic heterocycles. The van der Waals surface area contributed by atoms with Crippen LogP contribution in [0.5, 0.6) is 0 Å². The van der Waals surface area contributed by atoms with Gasteiger partial charge in [-0.3, -0.25) is 0 Å².